The molecule has 0 bridgehead atoms. The molecule has 13 nitrogen and oxygen atoms in total. The molecule has 4 atom stereocenters. The maximum absolute atomic E-state index is 11.9. The molecule has 0 radical (unpaired) electrons. The second-order valence-electron chi connectivity index (χ2n) is 14.5. The summed E-state index contributed by atoms with van der Waals surface area (Å²) in [6, 6.07) is -0.0879. The number of carbonyl (C=O) groups is 3. The molecule has 0 aliphatic heterocycles. The fourth-order valence-corrected chi connectivity index (χ4v) is 7.01. The first-order valence-electron chi connectivity index (χ1n) is 15.8. The Balaban J connectivity index is 0.000000777. The summed E-state index contributed by atoms with van der Waals surface area (Å²) in [6.45, 7) is 8.06. The molecule has 0 spiro atoms. The summed E-state index contributed by atoms with van der Waals surface area (Å²) in [6.07, 6.45) is 0.828. The summed E-state index contributed by atoms with van der Waals surface area (Å²) in [4.78, 5) is 50.8. The zero-order valence-corrected chi connectivity index (χ0v) is 29.7. The van der Waals surface area contributed by atoms with Crippen molar-refractivity contribution in [1.82, 2.24) is 16.0 Å². The Hall–Kier alpha value is -3.31. The van der Waals surface area contributed by atoms with Crippen molar-refractivity contribution in [3.63, 3.8) is 0 Å². The lowest BCUT2D eigenvalue weighted by Gasteiger charge is -2.46. The van der Waals surface area contributed by atoms with Crippen LogP contribution in [0.4, 0.5) is 40.9 Å². The Morgan fingerprint density at radius 3 is 1.84 bits per heavy atom. The number of methoxy groups -OCH3 is 1. The number of nitrogens with one attached hydrogen (secondary N) is 3. The number of carbonyl (C=O) groups excluding carboxylic acids is 4. The average Bonchev–Trinajstić information content (AvgIpc) is 2.97. The third kappa shape index (κ3) is 20.4. The minimum atomic E-state index is -3.87. The lowest BCUT2D eigenvalue weighted by atomic mass is 9.62. The Bertz CT molecular complexity index is 1090. The predicted molar refractivity (Wildman–Crippen MR) is 168 cm³/mol. The standard InChI is InChI=1S/C14H25FN2O4.C14H23FN2O3.C3H4F4O2/c1-13(2)5-10(17-12(19)20-4)6-14(3,7-13)8-16-11(18)21-9-15;1-13(2)6-11(17-10-18)7-14(3,8-13)9-16-12(19)20-5-4-15;4-2-8-3(5,6)1-9-7/h10H,5-9H2,1-4H3,(H,16,18)(H,17,19);11H,4-9H2,1-3H3,(H,16,19);1-2H2. The third-order valence-electron chi connectivity index (χ3n) is 7.91. The number of hydrogen-bond donors (Lipinski definition) is 3. The Morgan fingerprint density at radius 2 is 1.36 bits per heavy atom. The predicted octanol–water partition coefficient (Wildman–Crippen LogP) is 6.61. The number of alkyl carbamates (subject to hydrolysis) is 3. The van der Waals surface area contributed by atoms with E-state index in [4.69, 9.17) is 0 Å². The highest BCUT2D eigenvalue weighted by Crippen LogP contribution is 2.47. The van der Waals surface area contributed by atoms with E-state index in [1.807, 2.05) is 6.92 Å². The maximum atomic E-state index is 11.9. The van der Waals surface area contributed by atoms with E-state index in [2.05, 4.69) is 79.5 Å². The van der Waals surface area contributed by atoms with Gasteiger partial charge in [0.15, 0.2) is 13.5 Å². The number of ether oxygens (including phenoxy) is 4. The fraction of sp³-hybridized carbons (Fsp3) is 0.871. The van der Waals surface area contributed by atoms with E-state index in [-0.39, 0.29) is 40.4 Å². The van der Waals surface area contributed by atoms with Crippen LogP contribution in [0.2, 0.25) is 0 Å². The molecule has 50 heavy (non-hydrogen) atoms. The van der Waals surface area contributed by atoms with Crippen LogP contribution >= 0.6 is 0 Å². The van der Waals surface area contributed by atoms with Crippen molar-refractivity contribution in [2.75, 3.05) is 53.8 Å². The number of isocyanates is 1. The first-order valence-corrected chi connectivity index (χ1v) is 15.8. The molecule has 2 aliphatic rings. The van der Waals surface area contributed by atoms with Gasteiger partial charge in [-0.05, 0) is 64.7 Å². The Labute approximate surface area is 288 Å². The highest BCUT2D eigenvalue weighted by molar-refractivity contribution is 5.68. The Morgan fingerprint density at radius 1 is 0.820 bits per heavy atom. The van der Waals surface area contributed by atoms with E-state index in [1.165, 1.54) is 7.11 Å². The van der Waals surface area contributed by atoms with Gasteiger partial charge in [0, 0.05) is 19.1 Å². The van der Waals surface area contributed by atoms with Crippen molar-refractivity contribution in [2.45, 2.75) is 98.3 Å². The molecule has 0 aromatic heterocycles. The van der Waals surface area contributed by atoms with Crippen molar-refractivity contribution in [3.05, 3.63) is 0 Å². The van der Waals surface area contributed by atoms with Crippen LogP contribution in [-0.4, -0.2) is 96.4 Å². The molecule has 2 rings (SSSR count). The van der Waals surface area contributed by atoms with Crippen molar-refractivity contribution in [2.24, 2.45) is 26.7 Å². The number of hydrogen-bond acceptors (Lipinski definition) is 10. The number of amides is 3. The molecule has 3 amide bonds. The van der Waals surface area contributed by atoms with Gasteiger partial charge in [-0.2, -0.15) is 13.7 Å². The minimum Gasteiger partial charge on any atom is -0.453 e. The van der Waals surface area contributed by atoms with Crippen molar-refractivity contribution in [3.8, 4) is 0 Å². The van der Waals surface area contributed by atoms with Gasteiger partial charge in [0.1, 0.15) is 13.3 Å². The molecule has 0 saturated heterocycles. The lowest BCUT2D eigenvalue weighted by molar-refractivity contribution is -0.312. The molecule has 2 fully saturated rings. The quantitative estimate of drug-likeness (QED) is 0.0817. The fourth-order valence-electron chi connectivity index (χ4n) is 7.01. The van der Waals surface area contributed by atoms with E-state index in [0.29, 0.717) is 19.5 Å². The molecule has 2 aliphatic carbocycles. The highest BCUT2D eigenvalue weighted by atomic mass is 19.3. The van der Waals surface area contributed by atoms with Gasteiger partial charge in [-0.15, -0.1) is 0 Å². The number of alkyl halides is 5. The van der Waals surface area contributed by atoms with Gasteiger partial charge in [-0.1, -0.05) is 41.5 Å². The van der Waals surface area contributed by atoms with E-state index in [0.717, 1.165) is 32.1 Å². The van der Waals surface area contributed by atoms with Gasteiger partial charge in [0.25, 0.3) is 0 Å². The van der Waals surface area contributed by atoms with Gasteiger partial charge >= 0.3 is 24.4 Å². The van der Waals surface area contributed by atoms with Gasteiger partial charge in [0.05, 0.1) is 13.2 Å². The summed E-state index contributed by atoms with van der Waals surface area (Å²) >= 11 is 0. The summed E-state index contributed by atoms with van der Waals surface area (Å²) in [7, 11) is 1.33. The number of nitrogens with zero attached hydrogens (tertiary/aromatic N) is 1. The van der Waals surface area contributed by atoms with Crippen molar-refractivity contribution in [1.29, 1.82) is 0 Å². The van der Waals surface area contributed by atoms with Gasteiger partial charge in [-0.25, -0.2) is 37.3 Å². The van der Waals surface area contributed by atoms with Crippen molar-refractivity contribution >= 4 is 24.4 Å². The zero-order valence-electron chi connectivity index (χ0n) is 29.7. The van der Waals surface area contributed by atoms with Crippen molar-refractivity contribution < 1.29 is 69.5 Å². The maximum Gasteiger partial charge on any atom is 0.409 e. The van der Waals surface area contributed by atoms with Crippen LogP contribution in [-0.2, 0) is 28.7 Å². The van der Waals surface area contributed by atoms with E-state index < -0.39 is 51.4 Å². The van der Waals surface area contributed by atoms with Gasteiger partial charge in [-0.3, -0.25) is 4.74 Å². The Kier molecular flexibility index (Phi) is 20.4. The topological polar surface area (TPSA) is 163 Å². The summed E-state index contributed by atoms with van der Waals surface area (Å²) < 4.78 is 85.2. The number of halogens is 6. The first-order chi connectivity index (χ1) is 23.1. The molecule has 0 aromatic carbocycles. The van der Waals surface area contributed by atoms with E-state index >= 15 is 0 Å². The van der Waals surface area contributed by atoms with Crippen LogP contribution in [0.3, 0.4) is 0 Å². The largest absolute Gasteiger partial charge is 0.453 e. The van der Waals surface area contributed by atoms with Gasteiger partial charge < -0.3 is 30.2 Å². The van der Waals surface area contributed by atoms with Crippen LogP contribution in [0.25, 0.3) is 0 Å². The van der Waals surface area contributed by atoms with E-state index in [9.17, 15) is 45.7 Å². The number of rotatable bonds is 13. The van der Waals surface area contributed by atoms with Crippen LogP contribution in [0.15, 0.2) is 4.99 Å². The molecule has 19 heteroatoms. The van der Waals surface area contributed by atoms with Crippen LogP contribution < -0.4 is 16.0 Å². The normalized spacial score (nSPS) is 25.1. The highest BCUT2D eigenvalue weighted by Gasteiger charge is 2.43. The monoisotopic (exact) mass is 738 g/mol. The van der Waals surface area contributed by atoms with Crippen LogP contribution in [0.5, 0.6) is 0 Å². The smallest absolute Gasteiger partial charge is 0.409 e. The molecule has 292 valence electrons. The second kappa shape index (κ2) is 21.8. The third-order valence-corrected chi connectivity index (χ3v) is 7.91. The SMILES string of the molecule is CC1(C)CC(N=C=O)CC(C)(CNC(=O)OCCF)C1.COC(=O)NC1CC(C)(C)CC(C)(CNC(=O)OCF)C1.FCOC(F)(F)COF. The van der Waals surface area contributed by atoms with Gasteiger partial charge in [0.2, 0.25) is 12.9 Å². The average molecular weight is 739 g/mol. The first kappa shape index (κ1) is 46.7. The molecular weight excluding hydrogens is 686 g/mol. The van der Waals surface area contributed by atoms with Crippen LogP contribution in [0.1, 0.15) is 80.1 Å². The molecule has 2 saturated carbocycles. The summed E-state index contributed by atoms with van der Waals surface area (Å²) in [5.74, 6) is 0. The summed E-state index contributed by atoms with van der Waals surface area (Å²) in [5.41, 5.74) is -0.308. The minimum absolute atomic E-state index is 0.0182. The molecule has 4 unspecified atom stereocenters. The molecule has 3 N–H and O–H groups in total. The van der Waals surface area contributed by atoms with Crippen LogP contribution in [0, 0.1) is 21.7 Å². The second-order valence-corrected chi connectivity index (χ2v) is 14.5. The lowest BCUT2D eigenvalue weighted by Crippen LogP contribution is -2.50. The summed E-state index contributed by atoms with van der Waals surface area (Å²) in [5, 5.41) is 8.06. The zero-order chi connectivity index (χ0) is 38.7. The molecular formula is C31H52F6N4O9. The van der Waals surface area contributed by atoms with E-state index in [1.54, 1.807) is 6.08 Å². The molecule has 0 aromatic rings. The number of aliphatic imine (C=N–C) groups is 1. The molecule has 0 heterocycles.